The van der Waals surface area contributed by atoms with Crippen LogP contribution in [0.25, 0.3) is 5.65 Å². The van der Waals surface area contributed by atoms with Crippen molar-refractivity contribution >= 4 is 5.65 Å². The zero-order valence-electron chi connectivity index (χ0n) is 10.9. The van der Waals surface area contributed by atoms with Crippen LogP contribution in [0.3, 0.4) is 0 Å². The molecule has 4 rings (SSSR count). The van der Waals surface area contributed by atoms with Crippen molar-refractivity contribution < 1.29 is 5.11 Å². The first-order valence-electron chi connectivity index (χ1n) is 7.16. The van der Waals surface area contributed by atoms with E-state index in [4.69, 9.17) is 0 Å². The van der Waals surface area contributed by atoms with E-state index < -0.39 is 5.60 Å². The Labute approximate surface area is 112 Å². The lowest BCUT2D eigenvalue weighted by molar-refractivity contribution is -0.0398. The molecule has 2 aromatic rings. The topological polar surface area (TPSA) is 49.6 Å². The van der Waals surface area contributed by atoms with Crippen LogP contribution >= 0.6 is 0 Å². The molecule has 2 bridgehead atoms. The first kappa shape index (κ1) is 11.4. The van der Waals surface area contributed by atoms with Gasteiger partial charge in [0.05, 0.1) is 11.9 Å². The third kappa shape index (κ3) is 1.78. The molecule has 4 heteroatoms. The van der Waals surface area contributed by atoms with Gasteiger partial charge in [-0.25, -0.2) is 4.98 Å². The van der Waals surface area contributed by atoms with Crippen LogP contribution in [0.15, 0.2) is 30.6 Å². The number of aliphatic hydroxyl groups is 1. The SMILES string of the molecule is OC1(c2cnc3ccccn23)CC2CCCC(C1)N2. The first-order valence-corrected chi connectivity index (χ1v) is 7.16. The Bertz CT molecular complexity index is 594. The molecule has 100 valence electrons. The Balaban J connectivity index is 1.78. The number of piperidine rings is 2. The second-order valence-electron chi connectivity index (χ2n) is 6.00. The van der Waals surface area contributed by atoms with Gasteiger partial charge in [-0.15, -0.1) is 0 Å². The van der Waals surface area contributed by atoms with E-state index in [-0.39, 0.29) is 0 Å². The maximum atomic E-state index is 11.1. The van der Waals surface area contributed by atoms with Gasteiger partial charge in [0, 0.05) is 18.3 Å². The molecule has 4 heterocycles. The minimum atomic E-state index is -0.734. The van der Waals surface area contributed by atoms with Gasteiger partial charge < -0.3 is 14.8 Å². The highest BCUT2D eigenvalue weighted by Crippen LogP contribution is 2.39. The fraction of sp³-hybridized carbons (Fsp3) is 0.533. The van der Waals surface area contributed by atoms with Crippen LogP contribution in [0.4, 0.5) is 0 Å². The molecular weight excluding hydrogens is 238 g/mol. The predicted octanol–water partition coefficient (Wildman–Crippen LogP) is 1.83. The van der Waals surface area contributed by atoms with Crippen LogP contribution in [-0.4, -0.2) is 26.6 Å². The van der Waals surface area contributed by atoms with Crippen molar-refractivity contribution in [3.63, 3.8) is 0 Å². The molecule has 2 saturated heterocycles. The summed E-state index contributed by atoms with van der Waals surface area (Å²) in [5.74, 6) is 0. The Hall–Kier alpha value is -1.39. The lowest BCUT2D eigenvalue weighted by Gasteiger charge is -2.45. The van der Waals surface area contributed by atoms with Gasteiger partial charge in [0.2, 0.25) is 0 Å². The first-order chi connectivity index (χ1) is 9.24. The highest BCUT2D eigenvalue weighted by Gasteiger charge is 2.43. The quantitative estimate of drug-likeness (QED) is 0.819. The fourth-order valence-electron chi connectivity index (χ4n) is 3.82. The normalized spacial score (nSPS) is 34.6. The highest BCUT2D eigenvalue weighted by molar-refractivity contribution is 5.41. The van der Waals surface area contributed by atoms with E-state index in [9.17, 15) is 5.11 Å². The summed E-state index contributed by atoms with van der Waals surface area (Å²) in [6, 6.07) is 6.85. The van der Waals surface area contributed by atoms with Crippen LogP contribution < -0.4 is 5.32 Å². The average molecular weight is 257 g/mol. The Morgan fingerprint density at radius 2 is 2.05 bits per heavy atom. The molecule has 0 aliphatic carbocycles. The molecule has 2 aliphatic rings. The number of rotatable bonds is 1. The number of fused-ring (bicyclic) bond motifs is 3. The summed E-state index contributed by atoms with van der Waals surface area (Å²) in [4.78, 5) is 4.42. The van der Waals surface area contributed by atoms with Gasteiger partial charge in [0.1, 0.15) is 11.2 Å². The predicted molar refractivity (Wildman–Crippen MR) is 72.9 cm³/mol. The Morgan fingerprint density at radius 1 is 1.26 bits per heavy atom. The van der Waals surface area contributed by atoms with Crippen LogP contribution in [0.1, 0.15) is 37.8 Å². The van der Waals surface area contributed by atoms with Crippen LogP contribution in [0.2, 0.25) is 0 Å². The zero-order valence-corrected chi connectivity index (χ0v) is 10.9. The average Bonchev–Trinajstić information content (AvgIpc) is 2.82. The van der Waals surface area contributed by atoms with E-state index in [0.29, 0.717) is 12.1 Å². The van der Waals surface area contributed by atoms with Gasteiger partial charge in [0.15, 0.2) is 0 Å². The summed E-state index contributed by atoms with van der Waals surface area (Å²) in [6.07, 6.45) is 9.07. The standard InChI is InChI=1S/C15H19N3O/c19-15(8-11-4-3-5-12(9-15)17-11)13-10-16-14-6-1-2-7-18(13)14/h1-2,6-7,10-12,17,19H,3-5,8-9H2. The third-order valence-corrected chi connectivity index (χ3v) is 4.64. The molecule has 0 amide bonds. The monoisotopic (exact) mass is 257 g/mol. The Kier molecular flexibility index (Phi) is 2.44. The molecular formula is C15H19N3O. The van der Waals surface area contributed by atoms with Crippen molar-refractivity contribution in [3.05, 3.63) is 36.3 Å². The van der Waals surface area contributed by atoms with Crippen LogP contribution in [-0.2, 0) is 5.60 Å². The van der Waals surface area contributed by atoms with Crippen molar-refractivity contribution in [1.29, 1.82) is 0 Å². The maximum Gasteiger partial charge on any atom is 0.136 e. The molecule has 0 spiro atoms. The van der Waals surface area contributed by atoms with Crippen molar-refractivity contribution in [2.45, 2.75) is 49.8 Å². The number of aromatic nitrogens is 2. The van der Waals surface area contributed by atoms with Crippen LogP contribution in [0.5, 0.6) is 0 Å². The lowest BCUT2D eigenvalue weighted by Crippen LogP contribution is -2.54. The van der Waals surface area contributed by atoms with Gasteiger partial charge >= 0.3 is 0 Å². The molecule has 4 nitrogen and oxygen atoms in total. The summed E-state index contributed by atoms with van der Waals surface area (Å²) in [7, 11) is 0. The number of pyridine rings is 1. The molecule has 2 N–H and O–H groups in total. The molecule has 0 saturated carbocycles. The van der Waals surface area contributed by atoms with E-state index in [2.05, 4.69) is 10.3 Å². The number of nitrogens with one attached hydrogen (secondary N) is 1. The number of nitrogens with zero attached hydrogens (tertiary/aromatic N) is 2. The summed E-state index contributed by atoms with van der Waals surface area (Å²) in [6.45, 7) is 0. The molecule has 0 radical (unpaired) electrons. The molecule has 2 unspecified atom stereocenters. The van der Waals surface area contributed by atoms with Crippen molar-refractivity contribution in [3.8, 4) is 0 Å². The number of hydrogen-bond donors (Lipinski definition) is 2. The summed E-state index contributed by atoms with van der Waals surface area (Å²) in [5, 5.41) is 14.8. The van der Waals surface area contributed by atoms with Gasteiger partial charge in [-0.05, 0) is 37.8 Å². The second-order valence-corrected chi connectivity index (χ2v) is 6.00. The van der Waals surface area contributed by atoms with Gasteiger partial charge in [-0.3, -0.25) is 0 Å². The molecule has 0 aromatic carbocycles. The van der Waals surface area contributed by atoms with Crippen molar-refractivity contribution in [2.75, 3.05) is 0 Å². The molecule has 2 atom stereocenters. The lowest BCUT2D eigenvalue weighted by atomic mass is 9.76. The van der Waals surface area contributed by atoms with Crippen LogP contribution in [0, 0.1) is 0 Å². The number of imidazole rings is 1. The zero-order chi connectivity index (χ0) is 12.9. The molecule has 2 aliphatic heterocycles. The van der Waals surface area contributed by atoms with E-state index in [1.807, 2.05) is 35.0 Å². The molecule has 19 heavy (non-hydrogen) atoms. The largest absolute Gasteiger partial charge is 0.383 e. The molecule has 2 fully saturated rings. The van der Waals surface area contributed by atoms with E-state index in [0.717, 1.165) is 24.2 Å². The van der Waals surface area contributed by atoms with E-state index in [1.54, 1.807) is 0 Å². The minimum absolute atomic E-state index is 0.451. The van der Waals surface area contributed by atoms with Gasteiger partial charge in [-0.1, -0.05) is 12.5 Å². The minimum Gasteiger partial charge on any atom is -0.383 e. The van der Waals surface area contributed by atoms with E-state index in [1.165, 1.54) is 19.3 Å². The summed E-state index contributed by atoms with van der Waals surface area (Å²) in [5.41, 5.74) is 1.12. The van der Waals surface area contributed by atoms with Crippen molar-refractivity contribution in [1.82, 2.24) is 14.7 Å². The van der Waals surface area contributed by atoms with E-state index >= 15 is 0 Å². The fourth-order valence-corrected chi connectivity index (χ4v) is 3.82. The summed E-state index contributed by atoms with van der Waals surface area (Å²) >= 11 is 0. The van der Waals surface area contributed by atoms with Gasteiger partial charge in [0.25, 0.3) is 0 Å². The second kappa shape index (κ2) is 4.05. The van der Waals surface area contributed by atoms with Gasteiger partial charge in [-0.2, -0.15) is 0 Å². The maximum absolute atomic E-state index is 11.1. The number of hydrogen-bond acceptors (Lipinski definition) is 3. The smallest absolute Gasteiger partial charge is 0.136 e. The molecule has 2 aromatic heterocycles. The third-order valence-electron chi connectivity index (χ3n) is 4.64. The van der Waals surface area contributed by atoms with Crippen molar-refractivity contribution in [2.24, 2.45) is 0 Å². The Morgan fingerprint density at radius 3 is 2.84 bits per heavy atom. The summed E-state index contributed by atoms with van der Waals surface area (Å²) < 4.78 is 2.03. The highest BCUT2D eigenvalue weighted by atomic mass is 16.3.